The third-order valence-corrected chi connectivity index (χ3v) is 3.68. The Morgan fingerprint density at radius 1 is 1.54 bits per heavy atom. The van der Waals surface area contributed by atoms with Crippen molar-refractivity contribution in [2.75, 3.05) is 24.6 Å². The Morgan fingerprint density at radius 2 is 2.38 bits per heavy atom. The van der Waals surface area contributed by atoms with Crippen molar-refractivity contribution < 1.29 is 0 Å². The predicted octanol–water partition coefficient (Wildman–Crippen LogP) is 2.12. The predicted molar refractivity (Wildman–Crippen MR) is 57.8 cm³/mol. The Morgan fingerprint density at radius 3 is 3.08 bits per heavy atom. The van der Waals surface area contributed by atoms with Gasteiger partial charge in [0.15, 0.2) is 0 Å². The van der Waals surface area contributed by atoms with Crippen molar-refractivity contribution in [1.82, 2.24) is 4.90 Å². The van der Waals surface area contributed by atoms with Gasteiger partial charge in [0, 0.05) is 30.5 Å². The summed E-state index contributed by atoms with van der Waals surface area (Å²) < 4.78 is 0. The van der Waals surface area contributed by atoms with Crippen LogP contribution in [0.2, 0.25) is 0 Å². The second-order valence-corrected chi connectivity index (χ2v) is 4.72. The summed E-state index contributed by atoms with van der Waals surface area (Å²) in [5.74, 6) is 2.56. The van der Waals surface area contributed by atoms with Gasteiger partial charge < -0.3 is 0 Å². The number of hydrogen-bond donors (Lipinski definition) is 0. The van der Waals surface area contributed by atoms with Crippen molar-refractivity contribution in [3.8, 4) is 6.07 Å². The molecule has 2 nitrogen and oxygen atoms in total. The largest absolute Gasteiger partial charge is 0.299 e. The van der Waals surface area contributed by atoms with E-state index in [0.29, 0.717) is 0 Å². The quantitative estimate of drug-likeness (QED) is 0.647. The zero-order chi connectivity index (χ0) is 9.52. The van der Waals surface area contributed by atoms with Crippen molar-refractivity contribution in [1.29, 1.82) is 5.26 Å². The lowest BCUT2D eigenvalue weighted by atomic mass is 10.2. The Bertz CT molecular complexity index is 176. The molecule has 0 aromatic rings. The molecule has 0 spiro atoms. The molecule has 1 fully saturated rings. The first-order valence-electron chi connectivity index (χ1n) is 5.03. The van der Waals surface area contributed by atoms with Gasteiger partial charge in [0.05, 0.1) is 6.07 Å². The van der Waals surface area contributed by atoms with E-state index in [1.54, 1.807) is 0 Å². The van der Waals surface area contributed by atoms with E-state index in [0.717, 1.165) is 18.9 Å². The van der Waals surface area contributed by atoms with Gasteiger partial charge in [0.2, 0.25) is 0 Å². The lowest BCUT2D eigenvalue weighted by Gasteiger charge is -2.32. The van der Waals surface area contributed by atoms with Crippen molar-refractivity contribution in [3.05, 3.63) is 0 Å². The average molecular weight is 198 g/mol. The molecule has 13 heavy (non-hydrogen) atoms. The molecule has 0 aromatic carbocycles. The Balaban J connectivity index is 2.09. The molecular weight excluding hydrogens is 180 g/mol. The summed E-state index contributed by atoms with van der Waals surface area (Å²) in [7, 11) is 0. The van der Waals surface area contributed by atoms with E-state index in [9.17, 15) is 0 Å². The summed E-state index contributed by atoms with van der Waals surface area (Å²) in [4.78, 5) is 2.55. The van der Waals surface area contributed by atoms with Crippen LogP contribution in [0.1, 0.15) is 26.2 Å². The van der Waals surface area contributed by atoms with Crippen LogP contribution in [0.25, 0.3) is 0 Å². The van der Waals surface area contributed by atoms with Gasteiger partial charge in [0.1, 0.15) is 0 Å². The maximum Gasteiger partial charge on any atom is 0.0621 e. The average Bonchev–Trinajstić information content (AvgIpc) is 2.15. The normalized spacial score (nSPS) is 24.2. The maximum absolute atomic E-state index is 8.39. The molecular formula is C10H18N2S. The lowest BCUT2D eigenvalue weighted by molar-refractivity contribution is 0.228. The molecule has 1 heterocycles. The zero-order valence-corrected chi connectivity index (χ0v) is 9.15. The van der Waals surface area contributed by atoms with Gasteiger partial charge >= 0.3 is 0 Å². The van der Waals surface area contributed by atoms with Crippen LogP contribution >= 0.6 is 11.8 Å². The third kappa shape index (κ3) is 4.02. The van der Waals surface area contributed by atoms with Crippen LogP contribution in [0, 0.1) is 11.3 Å². The molecule has 1 rings (SSSR count). The smallest absolute Gasteiger partial charge is 0.0621 e. The fourth-order valence-electron chi connectivity index (χ4n) is 1.61. The van der Waals surface area contributed by atoms with E-state index < -0.39 is 0 Å². The first-order chi connectivity index (χ1) is 6.34. The Hall–Kier alpha value is -0.200. The summed E-state index contributed by atoms with van der Waals surface area (Å²) in [5, 5.41) is 8.39. The van der Waals surface area contributed by atoms with Crippen LogP contribution in [0.4, 0.5) is 0 Å². The number of unbranched alkanes of at least 4 members (excludes halogenated alkanes) is 2. The van der Waals surface area contributed by atoms with Crippen LogP contribution in [0.5, 0.6) is 0 Å². The molecule has 3 heteroatoms. The first kappa shape index (κ1) is 10.9. The molecule has 0 radical (unpaired) electrons. The number of nitrogens with zero attached hydrogens (tertiary/aromatic N) is 2. The van der Waals surface area contributed by atoms with Crippen LogP contribution in [0.3, 0.4) is 0 Å². The minimum atomic E-state index is 0.719. The van der Waals surface area contributed by atoms with Crippen molar-refractivity contribution in [3.63, 3.8) is 0 Å². The molecule has 0 bridgehead atoms. The van der Waals surface area contributed by atoms with E-state index in [-0.39, 0.29) is 0 Å². The van der Waals surface area contributed by atoms with Gasteiger partial charge in [-0.2, -0.15) is 17.0 Å². The summed E-state index contributed by atoms with van der Waals surface area (Å²) in [6, 6.07) is 2.93. The van der Waals surface area contributed by atoms with Crippen molar-refractivity contribution in [2.24, 2.45) is 0 Å². The summed E-state index contributed by atoms with van der Waals surface area (Å²) >= 11 is 2.06. The minimum Gasteiger partial charge on any atom is -0.299 e. The van der Waals surface area contributed by atoms with Gasteiger partial charge in [-0.25, -0.2) is 0 Å². The highest BCUT2D eigenvalue weighted by atomic mass is 32.2. The molecule has 1 atom stereocenters. The van der Waals surface area contributed by atoms with Crippen LogP contribution in [-0.4, -0.2) is 35.5 Å². The van der Waals surface area contributed by atoms with Crippen molar-refractivity contribution >= 4 is 11.8 Å². The minimum absolute atomic E-state index is 0.719. The monoisotopic (exact) mass is 198 g/mol. The first-order valence-corrected chi connectivity index (χ1v) is 6.19. The summed E-state index contributed by atoms with van der Waals surface area (Å²) in [6.07, 6.45) is 2.96. The Labute approximate surface area is 85.3 Å². The van der Waals surface area contributed by atoms with E-state index in [1.165, 1.54) is 31.0 Å². The molecule has 0 saturated carbocycles. The highest BCUT2D eigenvalue weighted by Crippen LogP contribution is 2.16. The topological polar surface area (TPSA) is 27.0 Å². The van der Waals surface area contributed by atoms with Crippen molar-refractivity contribution in [2.45, 2.75) is 32.2 Å². The number of rotatable bonds is 4. The van der Waals surface area contributed by atoms with E-state index in [4.69, 9.17) is 5.26 Å². The number of hydrogen-bond acceptors (Lipinski definition) is 3. The van der Waals surface area contributed by atoms with Crippen LogP contribution in [0.15, 0.2) is 0 Å². The standard InChI is InChI=1S/C10H18N2S/c1-10-9-13-8-7-12(10)6-4-2-3-5-11/h10H,2-4,6-9H2,1H3. The molecule has 0 amide bonds. The fourth-order valence-corrected chi connectivity index (χ4v) is 2.69. The molecule has 74 valence electrons. The number of thioether (sulfide) groups is 1. The van der Waals surface area contributed by atoms with Gasteiger partial charge in [-0.15, -0.1) is 0 Å². The molecule has 1 saturated heterocycles. The Kier molecular flexibility index (Phi) is 5.26. The molecule has 1 unspecified atom stereocenters. The molecule has 1 aliphatic heterocycles. The van der Waals surface area contributed by atoms with E-state index >= 15 is 0 Å². The molecule has 0 N–H and O–H groups in total. The van der Waals surface area contributed by atoms with Crippen LogP contribution < -0.4 is 0 Å². The highest BCUT2D eigenvalue weighted by molar-refractivity contribution is 7.99. The maximum atomic E-state index is 8.39. The second kappa shape index (κ2) is 6.28. The zero-order valence-electron chi connectivity index (χ0n) is 8.33. The SMILES string of the molecule is CC1CSCCN1CCCCC#N. The van der Waals surface area contributed by atoms with Crippen LogP contribution in [-0.2, 0) is 0 Å². The van der Waals surface area contributed by atoms with Gasteiger partial charge in [-0.1, -0.05) is 0 Å². The number of nitriles is 1. The molecule has 0 aliphatic carbocycles. The second-order valence-electron chi connectivity index (χ2n) is 3.58. The van der Waals surface area contributed by atoms with E-state index in [2.05, 4.69) is 29.7 Å². The summed E-state index contributed by atoms with van der Waals surface area (Å²) in [5.41, 5.74) is 0. The van der Waals surface area contributed by atoms with Gasteiger partial charge in [0.25, 0.3) is 0 Å². The highest BCUT2D eigenvalue weighted by Gasteiger charge is 2.17. The van der Waals surface area contributed by atoms with Gasteiger partial charge in [-0.05, 0) is 26.3 Å². The van der Waals surface area contributed by atoms with Gasteiger partial charge in [-0.3, -0.25) is 4.90 Å². The molecule has 0 aromatic heterocycles. The third-order valence-electron chi connectivity index (χ3n) is 2.49. The molecule has 1 aliphatic rings. The lowest BCUT2D eigenvalue weighted by Crippen LogP contribution is -2.40. The fraction of sp³-hybridized carbons (Fsp3) is 0.900. The summed E-state index contributed by atoms with van der Waals surface area (Å²) in [6.45, 7) is 4.72. The van der Waals surface area contributed by atoms with E-state index in [1.807, 2.05) is 0 Å².